The van der Waals surface area contributed by atoms with Crippen molar-refractivity contribution < 1.29 is 49.6 Å². The van der Waals surface area contributed by atoms with Crippen LogP contribution in [0.5, 0.6) is 0 Å². The largest absolute Gasteiger partial charge is 0.461 e. The summed E-state index contributed by atoms with van der Waals surface area (Å²) in [5, 5.41) is -3.45. The standard InChI is InChI=1S/C12H17F4NO7S/c1-2-9(18)23-8-6-17-10(19)24-7-4-3-5-11(13,14)12(15,16)25(20,21)22/h2H,1,3-8H2,(H,17,19)(H,20,21,22). The molecule has 1 amide bonds. The van der Waals surface area contributed by atoms with Crippen molar-refractivity contribution in [2.45, 2.75) is 30.4 Å². The zero-order chi connectivity index (χ0) is 19.7. The van der Waals surface area contributed by atoms with Gasteiger partial charge in [0.25, 0.3) is 0 Å². The topological polar surface area (TPSA) is 119 Å². The third kappa shape index (κ3) is 7.69. The lowest BCUT2D eigenvalue weighted by Crippen LogP contribution is -2.46. The zero-order valence-electron chi connectivity index (χ0n) is 12.8. The van der Waals surface area contributed by atoms with Gasteiger partial charge in [0.2, 0.25) is 0 Å². The van der Waals surface area contributed by atoms with Crippen molar-refractivity contribution in [1.82, 2.24) is 5.32 Å². The van der Waals surface area contributed by atoms with Gasteiger partial charge in [-0.1, -0.05) is 6.58 Å². The molecule has 0 rings (SSSR count). The number of halogens is 4. The highest BCUT2D eigenvalue weighted by atomic mass is 32.2. The van der Waals surface area contributed by atoms with E-state index in [0.29, 0.717) is 0 Å². The summed E-state index contributed by atoms with van der Waals surface area (Å²) in [7, 11) is -6.26. The first-order valence-electron chi connectivity index (χ1n) is 6.77. The van der Waals surface area contributed by atoms with Crippen molar-refractivity contribution in [1.29, 1.82) is 0 Å². The van der Waals surface area contributed by atoms with Crippen LogP contribution in [0.15, 0.2) is 12.7 Å². The molecule has 0 saturated carbocycles. The summed E-state index contributed by atoms with van der Waals surface area (Å²) < 4.78 is 89.8. The van der Waals surface area contributed by atoms with Crippen molar-refractivity contribution >= 4 is 22.2 Å². The van der Waals surface area contributed by atoms with Crippen LogP contribution in [-0.2, 0) is 24.4 Å². The van der Waals surface area contributed by atoms with E-state index in [0.717, 1.165) is 6.08 Å². The number of amides is 1. The number of alkyl halides is 4. The van der Waals surface area contributed by atoms with Crippen LogP contribution in [0.3, 0.4) is 0 Å². The van der Waals surface area contributed by atoms with Gasteiger partial charge in [0.05, 0.1) is 13.2 Å². The van der Waals surface area contributed by atoms with Gasteiger partial charge >= 0.3 is 33.4 Å². The lowest BCUT2D eigenvalue weighted by Gasteiger charge is -2.23. The monoisotopic (exact) mass is 395 g/mol. The Hall–Kier alpha value is -1.89. The van der Waals surface area contributed by atoms with Gasteiger partial charge in [-0.05, 0) is 12.8 Å². The number of hydrogen-bond donors (Lipinski definition) is 2. The minimum Gasteiger partial charge on any atom is -0.461 e. The molecule has 0 bridgehead atoms. The summed E-state index contributed by atoms with van der Waals surface area (Å²) in [6.07, 6.45) is -2.43. The summed E-state index contributed by atoms with van der Waals surface area (Å²) in [6.45, 7) is 2.50. The van der Waals surface area contributed by atoms with E-state index in [1.54, 1.807) is 0 Å². The first-order chi connectivity index (χ1) is 11.3. The van der Waals surface area contributed by atoms with Crippen LogP contribution in [-0.4, -0.2) is 56.0 Å². The number of carbonyl (C=O) groups excluding carboxylic acids is 2. The van der Waals surface area contributed by atoms with Gasteiger partial charge in [-0.2, -0.15) is 26.0 Å². The highest BCUT2D eigenvalue weighted by Gasteiger charge is 2.64. The van der Waals surface area contributed by atoms with Crippen LogP contribution in [0.25, 0.3) is 0 Å². The van der Waals surface area contributed by atoms with E-state index in [1.807, 2.05) is 0 Å². The van der Waals surface area contributed by atoms with Gasteiger partial charge < -0.3 is 14.8 Å². The second-order valence-electron chi connectivity index (χ2n) is 4.59. The number of hydrogen-bond acceptors (Lipinski definition) is 6. The molecule has 25 heavy (non-hydrogen) atoms. The molecular weight excluding hydrogens is 378 g/mol. The number of nitrogens with one attached hydrogen (secondary N) is 1. The summed E-state index contributed by atoms with van der Waals surface area (Å²) in [5.41, 5.74) is 0. The van der Waals surface area contributed by atoms with E-state index in [4.69, 9.17) is 4.55 Å². The number of esters is 1. The van der Waals surface area contributed by atoms with Gasteiger partial charge in [-0.15, -0.1) is 0 Å². The Morgan fingerprint density at radius 1 is 1.12 bits per heavy atom. The van der Waals surface area contributed by atoms with Crippen LogP contribution < -0.4 is 5.32 Å². The lowest BCUT2D eigenvalue weighted by atomic mass is 10.1. The van der Waals surface area contributed by atoms with Crippen LogP contribution in [0.1, 0.15) is 19.3 Å². The number of alkyl carbamates (subject to hydrolysis) is 1. The maximum atomic E-state index is 13.1. The molecule has 0 heterocycles. The second-order valence-corrected chi connectivity index (χ2v) is 6.05. The molecule has 0 aliphatic carbocycles. The number of unbranched alkanes of at least 4 members (excludes halogenated alkanes) is 1. The van der Waals surface area contributed by atoms with Crippen molar-refractivity contribution in [3.05, 3.63) is 12.7 Å². The van der Waals surface area contributed by atoms with Gasteiger partial charge in [0.1, 0.15) is 6.61 Å². The Balaban J connectivity index is 4.00. The van der Waals surface area contributed by atoms with E-state index in [1.165, 1.54) is 0 Å². The SMILES string of the molecule is C=CC(=O)OCCNC(=O)OCCCCC(F)(F)C(F)(F)S(=O)(=O)O. The average Bonchev–Trinajstić information content (AvgIpc) is 2.49. The smallest absolute Gasteiger partial charge is 0.431 e. The first kappa shape index (κ1) is 23.1. The Morgan fingerprint density at radius 2 is 1.72 bits per heavy atom. The molecule has 0 spiro atoms. The van der Waals surface area contributed by atoms with Crippen LogP contribution >= 0.6 is 0 Å². The molecule has 0 saturated heterocycles. The Labute approximate surface area is 140 Å². The minimum absolute atomic E-state index is 0.0862. The molecule has 0 fully saturated rings. The van der Waals surface area contributed by atoms with Crippen molar-refractivity contribution in [2.24, 2.45) is 0 Å². The summed E-state index contributed by atoms with van der Waals surface area (Å²) in [5.74, 6) is -5.67. The number of rotatable bonds is 11. The normalized spacial score (nSPS) is 12.4. The third-order valence-electron chi connectivity index (χ3n) is 2.65. The molecule has 146 valence electrons. The second kappa shape index (κ2) is 9.56. The fourth-order valence-electron chi connectivity index (χ4n) is 1.36. The van der Waals surface area contributed by atoms with E-state index >= 15 is 0 Å². The lowest BCUT2D eigenvalue weighted by molar-refractivity contribution is -0.164. The van der Waals surface area contributed by atoms with Crippen LogP contribution in [0.2, 0.25) is 0 Å². The summed E-state index contributed by atoms with van der Waals surface area (Å²) in [6, 6.07) is 0. The number of carbonyl (C=O) groups is 2. The maximum absolute atomic E-state index is 13.1. The van der Waals surface area contributed by atoms with Crippen molar-refractivity contribution in [2.75, 3.05) is 19.8 Å². The average molecular weight is 395 g/mol. The highest BCUT2D eigenvalue weighted by Crippen LogP contribution is 2.41. The molecule has 0 aromatic rings. The third-order valence-corrected chi connectivity index (χ3v) is 3.60. The Morgan fingerprint density at radius 3 is 2.24 bits per heavy atom. The van der Waals surface area contributed by atoms with Crippen molar-refractivity contribution in [3.8, 4) is 0 Å². The van der Waals surface area contributed by atoms with Crippen LogP contribution in [0.4, 0.5) is 22.4 Å². The number of ether oxygens (including phenoxy) is 2. The molecule has 13 heteroatoms. The molecule has 0 atom stereocenters. The molecule has 0 aromatic heterocycles. The predicted molar refractivity (Wildman–Crippen MR) is 75.8 cm³/mol. The van der Waals surface area contributed by atoms with Gasteiger partial charge in [0, 0.05) is 12.5 Å². The Bertz CT molecular complexity index is 580. The predicted octanol–water partition coefficient (Wildman–Crippen LogP) is 1.73. The molecule has 0 unspecified atom stereocenters. The minimum atomic E-state index is -6.26. The highest BCUT2D eigenvalue weighted by molar-refractivity contribution is 7.87. The van der Waals surface area contributed by atoms with E-state index in [2.05, 4.69) is 21.4 Å². The molecular formula is C12H17F4NO7S. The van der Waals surface area contributed by atoms with E-state index < -0.39 is 52.8 Å². The Kier molecular flexibility index (Phi) is 8.83. The fourth-order valence-corrected chi connectivity index (χ4v) is 1.84. The van der Waals surface area contributed by atoms with Crippen molar-refractivity contribution in [3.63, 3.8) is 0 Å². The molecule has 0 radical (unpaired) electrons. The molecule has 0 aliphatic rings. The fraction of sp³-hybridized carbons (Fsp3) is 0.667. The van der Waals surface area contributed by atoms with Crippen LogP contribution in [0, 0.1) is 0 Å². The van der Waals surface area contributed by atoms with E-state index in [-0.39, 0.29) is 19.6 Å². The zero-order valence-corrected chi connectivity index (χ0v) is 13.7. The quantitative estimate of drug-likeness (QED) is 0.180. The molecule has 0 aliphatic heterocycles. The van der Waals surface area contributed by atoms with Gasteiger partial charge in [-0.3, -0.25) is 4.55 Å². The first-order valence-corrected chi connectivity index (χ1v) is 8.21. The summed E-state index contributed by atoms with van der Waals surface area (Å²) in [4.78, 5) is 21.8. The molecule has 8 nitrogen and oxygen atoms in total. The van der Waals surface area contributed by atoms with Gasteiger partial charge in [-0.25, -0.2) is 9.59 Å². The molecule has 0 aromatic carbocycles. The van der Waals surface area contributed by atoms with Gasteiger partial charge in [0.15, 0.2) is 0 Å². The molecule has 2 N–H and O–H groups in total. The maximum Gasteiger partial charge on any atom is 0.431 e. The summed E-state index contributed by atoms with van der Waals surface area (Å²) >= 11 is 0. The van der Waals surface area contributed by atoms with E-state index in [9.17, 15) is 35.6 Å².